The molecule has 0 bridgehead atoms. The molecule has 86 valence electrons. The Morgan fingerprint density at radius 2 is 2.31 bits per heavy atom. The van der Waals surface area contributed by atoms with Crippen LogP contribution in [0.5, 0.6) is 0 Å². The minimum absolute atomic E-state index is 0.312. The molecule has 0 fully saturated rings. The number of nitriles is 1. The van der Waals surface area contributed by atoms with Crippen molar-refractivity contribution in [1.29, 1.82) is 5.26 Å². The van der Waals surface area contributed by atoms with E-state index < -0.39 is 5.97 Å². The summed E-state index contributed by atoms with van der Waals surface area (Å²) in [7, 11) is 1.85. The number of esters is 1. The van der Waals surface area contributed by atoms with Gasteiger partial charge in [-0.2, -0.15) is 5.26 Å². The van der Waals surface area contributed by atoms with Crippen LogP contribution in [-0.2, 0) is 9.53 Å². The predicted octanol–water partition coefficient (Wildman–Crippen LogP) is 1.63. The number of hydrogen-bond donors (Lipinski definition) is 0. The molecule has 0 amide bonds. The molecule has 0 spiro atoms. The molecule has 16 heavy (non-hydrogen) atoms. The summed E-state index contributed by atoms with van der Waals surface area (Å²) >= 11 is 0. The van der Waals surface area contributed by atoms with E-state index in [-0.39, 0.29) is 0 Å². The first-order chi connectivity index (χ1) is 7.60. The van der Waals surface area contributed by atoms with Gasteiger partial charge in [0, 0.05) is 18.7 Å². The average molecular weight is 220 g/mol. The molecule has 0 aliphatic heterocycles. The van der Waals surface area contributed by atoms with Crippen molar-refractivity contribution in [1.82, 2.24) is 4.90 Å². The topological polar surface area (TPSA) is 53.3 Å². The van der Waals surface area contributed by atoms with Crippen molar-refractivity contribution in [3.63, 3.8) is 0 Å². The summed E-state index contributed by atoms with van der Waals surface area (Å²) < 4.78 is 4.81. The molecule has 4 nitrogen and oxygen atoms in total. The molecule has 0 heterocycles. The van der Waals surface area contributed by atoms with Crippen molar-refractivity contribution in [3.8, 4) is 6.07 Å². The Labute approximate surface area is 96.1 Å². The van der Waals surface area contributed by atoms with Crippen LogP contribution >= 0.6 is 0 Å². The normalized spacial score (nSPS) is 10.9. The minimum atomic E-state index is -0.419. The molecule has 0 aromatic rings. The molecule has 0 saturated heterocycles. The van der Waals surface area contributed by atoms with Crippen molar-refractivity contribution in [2.24, 2.45) is 0 Å². The number of ether oxygens (including phenoxy) is 1. The third-order valence-electron chi connectivity index (χ3n) is 1.72. The fourth-order valence-electron chi connectivity index (χ4n) is 0.795. The second-order valence-corrected chi connectivity index (χ2v) is 3.16. The smallest absolute Gasteiger partial charge is 0.330 e. The molecule has 0 rings (SSSR count). The number of carbonyl (C=O) groups is 1. The first-order valence-electron chi connectivity index (χ1n) is 4.84. The van der Waals surface area contributed by atoms with Gasteiger partial charge in [0.2, 0.25) is 0 Å². The van der Waals surface area contributed by atoms with Crippen LogP contribution in [0.1, 0.15) is 6.92 Å². The molecule has 0 aliphatic carbocycles. The molecule has 0 saturated carbocycles. The minimum Gasteiger partial charge on any atom is -0.461 e. The van der Waals surface area contributed by atoms with Gasteiger partial charge in [0.25, 0.3) is 0 Å². The lowest BCUT2D eigenvalue weighted by molar-refractivity contribution is -0.137. The Morgan fingerprint density at radius 3 is 2.88 bits per heavy atom. The molecule has 0 atom stereocenters. The average Bonchev–Trinajstić information content (AvgIpc) is 2.28. The van der Waals surface area contributed by atoms with Crippen molar-refractivity contribution in [2.75, 3.05) is 20.2 Å². The molecule has 0 unspecified atom stereocenters. The molecule has 4 heteroatoms. The highest BCUT2D eigenvalue weighted by atomic mass is 16.5. The molecule has 0 aliphatic rings. The van der Waals surface area contributed by atoms with Crippen molar-refractivity contribution < 1.29 is 9.53 Å². The first-order valence-corrected chi connectivity index (χ1v) is 4.84. The number of nitrogens with zero attached hydrogens (tertiary/aromatic N) is 2. The van der Waals surface area contributed by atoms with Crippen LogP contribution < -0.4 is 0 Å². The van der Waals surface area contributed by atoms with Crippen molar-refractivity contribution >= 4 is 5.97 Å². The van der Waals surface area contributed by atoms with E-state index in [4.69, 9.17) is 10.00 Å². The maximum absolute atomic E-state index is 10.7. The summed E-state index contributed by atoms with van der Waals surface area (Å²) in [5.41, 5.74) is 0.641. The number of likely N-dealkylation sites (N-methyl/N-ethyl adjacent to an activating group) is 1. The van der Waals surface area contributed by atoms with Gasteiger partial charge in [-0.1, -0.05) is 6.58 Å². The van der Waals surface area contributed by atoms with E-state index in [0.29, 0.717) is 18.7 Å². The van der Waals surface area contributed by atoms with Gasteiger partial charge in [-0.3, -0.25) is 0 Å². The van der Waals surface area contributed by atoms with Gasteiger partial charge >= 0.3 is 5.97 Å². The maximum Gasteiger partial charge on any atom is 0.330 e. The summed E-state index contributed by atoms with van der Waals surface area (Å²) in [6, 6.07) is 2.02. The summed E-state index contributed by atoms with van der Waals surface area (Å²) in [6.45, 7) is 5.93. The Hall–Kier alpha value is -2.02. The van der Waals surface area contributed by atoms with E-state index in [0.717, 1.165) is 6.08 Å². The van der Waals surface area contributed by atoms with Crippen LogP contribution in [0.2, 0.25) is 0 Å². The van der Waals surface area contributed by atoms with E-state index in [1.54, 1.807) is 19.1 Å². The Balaban J connectivity index is 3.83. The molecular weight excluding hydrogens is 204 g/mol. The largest absolute Gasteiger partial charge is 0.461 e. The van der Waals surface area contributed by atoms with Gasteiger partial charge in [-0.25, -0.2) is 4.79 Å². The Bertz CT molecular complexity index is 337. The summed E-state index contributed by atoms with van der Waals surface area (Å²) in [4.78, 5) is 12.6. The number of carbonyl (C=O) groups excluding carboxylic acids is 1. The quantitative estimate of drug-likeness (QED) is 0.295. The summed E-state index contributed by atoms with van der Waals surface area (Å²) in [5.74, 6) is -0.419. The highest BCUT2D eigenvalue weighted by Gasteiger charge is 1.95. The van der Waals surface area contributed by atoms with E-state index >= 15 is 0 Å². The number of hydrogen-bond acceptors (Lipinski definition) is 4. The van der Waals surface area contributed by atoms with Gasteiger partial charge in [0.05, 0.1) is 12.6 Å². The molecular formula is C12H16N2O2. The summed E-state index contributed by atoms with van der Waals surface area (Å²) in [5, 5.41) is 8.50. The van der Waals surface area contributed by atoms with E-state index in [2.05, 4.69) is 6.58 Å². The van der Waals surface area contributed by atoms with Crippen LogP contribution in [0.15, 0.2) is 36.6 Å². The first kappa shape index (κ1) is 14.0. The fraction of sp³-hybridized carbons (Fsp3) is 0.333. The molecule has 0 radical (unpaired) electrons. The predicted molar refractivity (Wildman–Crippen MR) is 62.3 cm³/mol. The highest BCUT2D eigenvalue weighted by molar-refractivity contribution is 5.81. The van der Waals surface area contributed by atoms with Gasteiger partial charge < -0.3 is 9.64 Å². The number of rotatable bonds is 6. The molecule has 0 aromatic carbocycles. The second kappa shape index (κ2) is 8.30. The molecule has 0 N–H and O–H groups in total. The summed E-state index contributed by atoms with van der Waals surface area (Å²) in [6.07, 6.45) is 6.43. The zero-order valence-corrected chi connectivity index (χ0v) is 9.64. The van der Waals surface area contributed by atoms with E-state index in [1.165, 1.54) is 0 Å². The van der Waals surface area contributed by atoms with Gasteiger partial charge in [0.1, 0.15) is 6.61 Å². The Morgan fingerprint density at radius 1 is 1.62 bits per heavy atom. The van der Waals surface area contributed by atoms with Crippen molar-refractivity contribution in [3.05, 3.63) is 36.6 Å². The van der Waals surface area contributed by atoms with Crippen LogP contribution in [0.3, 0.4) is 0 Å². The highest BCUT2D eigenvalue weighted by Crippen LogP contribution is 1.92. The van der Waals surface area contributed by atoms with Crippen LogP contribution in [0.4, 0.5) is 0 Å². The van der Waals surface area contributed by atoms with Crippen molar-refractivity contribution in [2.45, 2.75) is 6.92 Å². The number of allylic oxidation sites excluding steroid dienone is 3. The maximum atomic E-state index is 10.7. The third kappa shape index (κ3) is 7.39. The second-order valence-electron chi connectivity index (χ2n) is 3.16. The monoisotopic (exact) mass is 220 g/mol. The van der Waals surface area contributed by atoms with E-state index in [1.807, 2.05) is 24.2 Å². The lowest BCUT2D eigenvalue weighted by Crippen LogP contribution is -2.18. The zero-order chi connectivity index (χ0) is 12.4. The van der Waals surface area contributed by atoms with Gasteiger partial charge in [-0.05, 0) is 25.3 Å². The standard InChI is InChI=1S/C12H16N2O2/c1-4-12(15)16-9-8-14(3)7-5-6-11(2)10-13/h4-7H,1,8-9H2,2-3H3/b7-5+,11-6-. The lowest BCUT2D eigenvalue weighted by Gasteiger charge is -2.12. The van der Waals surface area contributed by atoms with E-state index in [9.17, 15) is 4.79 Å². The van der Waals surface area contributed by atoms with Gasteiger partial charge in [-0.15, -0.1) is 0 Å². The van der Waals surface area contributed by atoms with Crippen LogP contribution in [0.25, 0.3) is 0 Å². The fourth-order valence-corrected chi connectivity index (χ4v) is 0.795. The molecule has 0 aromatic heterocycles. The zero-order valence-electron chi connectivity index (χ0n) is 9.64. The van der Waals surface area contributed by atoms with Crippen LogP contribution in [-0.4, -0.2) is 31.1 Å². The SMILES string of the molecule is C=CC(=O)OCCN(C)/C=C/C=C(/C)C#N. The lowest BCUT2D eigenvalue weighted by atomic mass is 10.3. The Kier molecular flexibility index (Phi) is 7.25. The van der Waals surface area contributed by atoms with Crippen LogP contribution in [0, 0.1) is 11.3 Å². The third-order valence-corrected chi connectivity index (χ3v) is 1.72. The van der Waals surface area contributed by atoms with Gasteiger partial charge in [0.15, 0.2) is 0 Å².